The summed E-state index contributed by atoms with van der Waals surface area (Å²) in [5.41, 5.74) is 0. The van der Waals surface area contributed by atoms with Gasteiger partial charge in [0.15, 0.2) is 16.6 Å². The van der Waals surface area contributed by atoms with Gasteiger partial charge in [0.25, 0.3) is 7.82 Å². The molecule has 14 heteroatoms. The number of aliphatic hydroxyl groups is 1. The summed E-state index contributed by atoms with van der Waals surface area (Å²) in [6, 6.07) is 1.15. The smallest absolute Gasteiger partial charge is 0.311 e. The topological polar surface area (TPSA) is 124 Å². The Bertz CT molecular complexity index is 743. The number of phosphoric ester groups is 1. The van der Waals surface area contributed by atoms with E-state index in [1.54, 1.807) is 0 Å². The van der Waals surface area contributed by atoms with Crippen molar-refractivity contribution in [1.29, 1.82) is 0 Å². The van der Waals surface area contributed by atoms with E-state index in [1.807, 2.05) is 21.1 Å². The molecule has 1 N–H and O–H groups in total. The molecule has 0 aliphatic heterocycles. The van der Waals surface area contributed by atoms with E-state index >= 15 is 0 Å². The number of ether oxygens (including phenoxy) is 1. The maximum Gasteiger partial charge on any atom is 0.311 e. The highest BCUT2D eigenvalue weighted by molar-refractivity contribution is 7.45. The molecule has 234 valence electrons. The predicted octanol–water partition coefficient (Wildman–Crippen LogP) is 4.99. The third-order valence-electron chi connectivity index (χ3n) is 5.61. The first-order chi connectivity index (χ1) is 17.6. The zero-order chi connectivity index (χ0) is 30.4. The minimum Gasteiger partial charge on any atom is -0.756 e. The van der Waals surface area contributed by atoms with Crippen molar-refractivity contribution in [2.45, 2.75) is 109 Å². The second kappa shape index (κ2) is 17.9. The van der Waals surface area contributed by atoms with Gasteiger partial charge in [0.1, 0.15) is 25.9 Å². The van der Waals surface area contributed by atoms with Gasteiger partial charge in [-0.3, -0.25) is 9.36 Å². The lowest BCUT2D eigenvalue weighted by atomic mass is 10.1. The van der Waals surface area contributed by atoms with Crippen LogP contribution in [0.2, 0.25) is 51.9 Å². The van der Waals surface area contributed by atoms with Crippen molar-refractivity contribution >= 4 is 39.0 Å². The highest BCUT2D eigenvalue weighted by atomic mass is 31.2. The van der Waals surface area contributed by atoms with Crippen molar-refractivity contribution < 1.29 is 45.9 Å². The number of quaternary nitrogens is 1. The molecule has 0 aliphatic carbocycles. The predicted molar refractivity (Wildman–Crippen MR) is 162 cm³/mol. The van der Waals surface area contributed by atoms with Gasteiger partial charge in [0.05, 0.1) is 27.7 Å². The number of hydrogen-bond acceptors (Lipinski definition) is 9. The summed E-state index contributed by atoms with van der Waals surface area (Å²) in [7, 11) is -4.18. The van der Waals surface area contributed by atoms with Crippen LogP contribution in [0.15, 0.2) is 0 Å². The van der Waals surface area contributed by atoms with E-state index in [0.717, 1.165) is 31.7 Å². The Labute approximate surface area is 241 Å². The fourth-order valence-corrected chi connectivity index (χ4v) is 18.1. The molecule has 0 spiro atoms. The molecule has 0 aromatic rings. The van der Waals surface area contributed by atoms with Crippen molar-refractivity contribution in [2.24, 2.45) is 0 Å². The summed E-state index contributed by atoms with van der Waals surface area (Å²) >= 11 is 0. The largest absolute Gasteiger partial charge is 0.756 e. The monoisotopic (exact) mass is 631 g/mol. The van der Waals surface area contributed by atoms with Gasteiger partial charge in [-0.05, 0) is 58.3 Å². The summed E-state index contributed by atoms with van der Waals surface area (Å²) in [5, 5.41) is 9.85. The van der Waals surface area contributed by atoms with Crippen molar-refractivity contribution in [3.05, 3.63) is 0 Å². The van der Waals surface area contributed by atoms with E-state index in [4.69, 9.17) is 17.5 Å². The molecule has 0 aromatic carbocycles. The lowest BCUT2D eigenvalue weighted by Crippen LogP contribution is -2.51. The zero-order valence-corrected chi connectivity index (χ0v) is 30.3. The van der Waals surface area contributed by atoms with Gasteiger partial charge in [0.2, 0.25) is 0 Å². The van der Waals surface area contributed by atoms with Gasteiger partial charge < -0.3 is 36.5 Å². The summed E-state index contributed by atoms with van der Waals surface area (Å²) in [6.07, 6.45) is 6.46. The molecule has 0 saturated carbocycles. The Kier molecular flexibility index (Phi) is 17.9. The number of carbonyl (C=O) groups is 1. The Morgan fingerprint density at radius 2 is 1.38 bits per heavy atom. The first-order valence-electron chi connectivity index (χ1n) is 14.3. The molecular weight excluding hydrogens is 574 g/mol. The summed E-state index contributed by atoms with van der Waals surface area (Å²) in [4.78, 5) is 23.6. The average Bonchev–Trinajstić information content (AvgIpc) is 2.71. The molecule has 0 radical (unpaired) electrons. The Morgan fingerprint density at radius 1 is 0.846 bits per heavy atom. The second-order valence-corrected chi connectivity index (χ2v) is 27.5. The second-order valence-electron chi connectivity index (χ2n) is 13.4. The Balaban J connectivity index is 3.86. The van der Waals surface area contributed by atoms with E-state index < -0.39 is 51.7 Å². The number of esters is 1. The van der Waals surface area contributed by atoms with Crippen LogP contribution in [0, 0.1) is 0 Å². The van der Waals surface area contributed by atoms with Crippen molar-refractivity contribution in [1.82, 2.24) is 0 Å². The Hall–Kier alpha value is 0.0706. The molecule has 2 unspecified atom stereocenters. The van der Waals surface area contributed by atoms with Gasteiger partial charge in [-0.2, -0.15) is 0 Å². The summed E-state index contributed by atoms with van der Waals surface area (Å²) in [5.74, 6) is -0.407. The number of nitrogens with zero attached hydrogens (tertiary/aromatic N) is 1. The van der Waals surface area contributed by atoms with Crippen molar-refractivity contribution in [3.63, 3.8) is 0 Å². The number of hydrogen-bond donors (Lipinski definition) is 1. The number of unbranched alkanes of at least 4 members (excludes halogenated alkanes) is 6. The van der Waals surface area contributed by atoms with Gasteiger partial charge in [0, 0.05) is 6.42 Å². The molecule has 0 bridgehead atoms. The number of phosphoric acid groups is 1. The van der Waals surface area contributed by atoms with Crippen molar-refractivity contribution in [3.8, 4) is 0 Å². The molecular formula is C25H58NO9PSi3. The van der Waals surface area contributed by atoms with Gasteiger partial charge in [-0.15, -0.1) is 0 Å². The standard InChI is InChI=1S/C25H58NO9PSi3/c1-26(2,3)19-20-32-36(29,30)33-23-24(27)22-31-25(28)18-16-14-12-11-13-15-17-21-38(7,8)35-39(9,10)34-37(4,5)6/h24,27H,11-23H2,1-10H3. The van der Waals surface area contributed by atoms with E-state index in [2.05, 4.69) is 50.4 Å². The van der Waals surface area contributed by atoms with Crippen LogP contribution >= 0.6 is 7.82 Å². The van der Waals surface area contributed by atoms with Crippen LogP contribution in [-0.4, -0.2) is 94.4 Å². The van der Waals surface area contributed by atoms with Crippen LogP contribution in [-0.2, 0) is 31.4 Å². The van der Waals surface area contributed by atoms with Gasteiger partial charge in [-0.1, -0.05) is 38.5 Å². The van der Waals surface area contributed by atoms with Crippen LogP contribution in [0.1, 0.15) is 51.4 Å². The summed E-state index contributed by atoms with van der Waals surface area (Å²) < 4.78 is 39.7. The SMILES string of the molecule is C[N+](C)(C)CCOP(=O)([O-])OCC(O)COC(=O)CCCCCCCCC[Si](C)(C)O[Si](C)(C)O[Si](C)(C)C. The molecule has 0 aliphatic rings. The molecule has 0 aromatic heterocycles. The zero-order valence-electron chi connectivity index (χ0n) is 26.4. The highest BCUT2D eigenvalue weighted by Gasteiger charge is 2.37. The minimum absolute atomic E-state index is 0.0153. The molecule has 0 fully saturated rings. The number of rotatable bonds is 23. The number of likely N-dealkylation sites (N-methyl/N-ethyl adjacent to an activating group) is 1. The van der Waals surface area contributed by atoms with Crippen LogP contribution < -0.4 is 4.89 Å². The lowest BCUT2D eigenvalue weighted by molar-refractivity contribution is -0.870. The van der Waals surface area contributed by atoms with E-state index in [1.165, 1.54) is 19.3 Å². The molecule has 2 atom stereocenters. The maximum absolute atomic E-state index is 11.9. The lowest BCUT2D eigenvalue weighted by Gasteiger charge is -2.37. The number of carbonyl (C=O) groups excluding carboxylic acids is 1. The third kappa shape index (κ3) is 25.5. The molecule has 0 heterocycles. The van der Waals surface area contributed by atoms with Crippen LogP contribution in [0.25, 0.3) is 0 Å². The van der Waals surface area contributed by atoms with Crippen LogP contribution in [0.5, 0.6) is 0 Å². The highest BCUT2D eigenvalue weighted by Crippen LogP contribution is 2.38. The third-order valence-corrected chi connectivity index (χ3v) is 16.7. The van der Waals surface area contributed by atoms with Crippen LogP contribution in [0.4, 0.5) is 0 Å². The average molecular weight is 632 g/mol. The van der Waals surface area contributed by atoms with Crippen LogP contribution in [0.3, 0.4) is 0 Å². The fourth-order valence-electron chi connectivity index (χ4n) is 4.13. The first kappa shape index (κ1) is 39.1. The molecule has 0 rings (SSSR count). The first-order valence-corrected chi connectivity index (χ1v) is 25.1. The van der Waals surface area contributed by atoms with E-state index in [-0.39, 0.29) is 19.6 Å². The molecule has 10 nitrogen and oxygen atoms in total. The molecule has 39 heavy (non-hydrogen) atoms. The minimum atomic E-state index is -4.51. The molecule has 0 amide bonds. The Morgan fingerprint density at radius 3 is 1.92 bits per heavy atom. The maximum atomic E-state index is 11.9. The normalized spacial score (nSPS) is 15.7. The summed E-state index contributed by atoms with van der Waals surface area (Å²) in [6.45, 7) is 15.2. The van der Waals surface area contributed by atoms with Gasteiger partial charge >= 0.3 is 14.5 Å². The number of aliphatic hydroxyl groups excluding tert-OH is 1. The molecule has 0 saturated heterocycles. The quantitative estimate of drug-likeness (QED) is 0.0546. The van der Waals surface area contributed by atoms with E-state index in [9.17, 15) is 19.4 Å². The van der Waals surface area contributed by atoms with Crippen molar-refractivity contribution in [2.75, 3.05) is 47.5 Å². The van der Waals surface area contributed by atoms with Gasteiger partial charge in [-0.25, -0.2) is 0 Å². The van der Waals surface area contributed by atoms with E-state index in [0.29, 0.717) is 11.0 Å². The fraction of sp³-hybridized carbons (Fsp3) is 0.960.